The monoisotopic (exact) mass is 494 g/mol. The quantitative estimate of drug-likeness (QED) is 0.591. The van der Waals surface area contributed by atoms with E-state index in [9.17, 15) is 26.4 Å². The van der Waals surface area contributed by atoms with Crippen LogP contribution in [-0.2, 0) is 16.2 Å². The number of aryl methyl sites for hydroxylation is 1. The molecule has 1 fully saturated rings. The van der Waals surface area contributed by atoms with Crippen molar-refractivity contribution < 1.29 is 26.4 Å². The number of rotatable bonds is 6. The molecule has 1 saturated heterocycles. The number of nitrogens with zero attached hydrogens (tertiary/aromatic N) is 2. The highest BCUT2D eigenvalue weighted by molar-refractivity contribution is 7.89. The summed E-state index contributed by atoms with van der Waals surface area (Å²) in [6.07, 6.45) is -1.90. The van der Waals surface area contributed by atoms with E-state index >= 15 is 0 Å². The maximum absolute atomic E-state index is 13.2. The molecule has 0 aromatic heterocycles. The third-order valence-corrected chi connectivity index (χ3v) is 7.38. The van der Waals surface area contributed by atoms with Crippen LogP contribution in [0, 0.1) is 12.3 Å². The Bertz CT molecular complexity index is 1200. The average molecular weight is 495 g/mol. The summed E-state index contributed by atoms with van der Waals surface area (Å²) in [6.45, 7) is 3.29. The topological polar surface area (TPSA) is 93.6 Å². The number of anilines is 1. The Hall–Kier alpha value is -3.18. The molecule has 1 aliphatic rings. The molecule has 1 heterocycles. The SMILES string of the molecule is C/C(=C/C=N)Nc1ccc(C(=O)N2CCN(S(=O)(=O)c3ccc(C)c(C(F)(F)F)c3)CC2)cc1. The Kier molecular flexibility index (Phi) is 7.47. The Morgan fingerprint density at radius 1 is 1.06 bits per heavy atom. The molecule has 11 heteroatoms. The molecular weight excluding hydrogens is 469 g/mol. The van der Waals surface area contributed by atoms with Crippen LogP contribution in [-0.4, -0.2) is 55.9 Å². The van der Waals surface area contributed by atoms with Gasteiger partial charge in [-0.05, 0) is 61.9 Å². The number of alkyl halides is 3. The fourth-order valence-corrected chi connectivity index (χ4v) is 5.07. The number of piperazine rings is 1. The van der Waals surface area contributed by atoms with Gasteiger partial charge in [0.1, 0.15) is 0 Å². The molecule has 2 N–H and O–H groups in total. The molecule has 0 aliphatic carbocycles. The van der Waals surface area contributed by atoms with E-state index in [1.54, 1.807) is 37.3 Å². The highest BCUT2D eigenvalue weighted by Crippen LogP contribution is 2.34. The van der Waals surface area contributed by atoms with Crippen molar-refractivity contribution in [3.8, 4) is 0 Å². The van der Waals surface area contributed by atoms with Gasteiger partial charge < -0.3 is 15.6 Å². The number of amides is 1. The Balaban J connectivity index is 1.67. The Labute approximate surface area is 196 Å². The number of hydrogen-bond donors (Lipinski definition) is 2. The van der Waals surface area contributed by atoms with Crippen molar-refractivity contribution in [3.05, 3.63) is 70.9 Å². The van der Waals surface area contributed by atoms with E-state index in [0.29, 0.717) is 11.6 Å². The normalized spacial score (nSPS) is 15.8. The first-order chi connectivity index (χ1) is 15.9. The summed E-state index contributed by atoms with van der Waals surface area (Å²) < 4.78 is 66.6. The third kappa shape index (κ3) is 5.65. The smallest absolute Gasteiger partial charge is 0.359 e. The van der Waals surface area contributed by atoms with Gasteiger partial charge in [0.15, 0.2) is 0 Å². The van der Waals surface area contributed by atoms with Gasteiger partial charge in [0, 0.05) is 49.3 Å². The fraction of sp³-hybridized carbons (Fsp3) is 0.304. The van der Waals surface area contributed by atoms with Crippen LogP contribution in [0.3, 0.4) is 0 Å². The minimum absolute atomic E-state index is 0.0173. The van der Waals surface area contributed by atoms with E-state index in [0.717, 1.165) is 28.0 Å². The van der Waals surface area contributed by atoms with Gasteiger partial charge in [0.2, 0.25) is 10.0 Å². The summed E-state index contributed by atoms with van der Waals surface area (Å²) in [7, 11) is -4.13. The van der Waals surface area contributed by atoms with E-state index in [2.05, 4.69) is 5.32 Å². The van der Waals surface area contributed by atoms with Crippen molar-refractivity contribution in [2.75, 3.05) is 31.5 Å². The molecule has 0 unspecified atom stereocenters. The molecule has 0 bridgehead atoms. The van der Waals surface area contributed by atoms with Crippen molar-refractivity contribution in [2.45, 2.75) is 24.9 Å². The Morgan fingerprint density at radius 3 is 2.24 bits per heavy atom. The largest absolute Gasteiger partial charge is 0.416 e. The summed E-state index contributed by atoms with van der Waals surface area (Å²) in [5.41, 5.74) is 0.915. The predicted molar refractivity (Wildman–Crippen MR) is 123 cm³/mol. The van der Waals surface area contributed by atoms with Crippen molar-refractivity contribution in [1.82, 2.24) is 9.21 Å². The van der Waals surface area contributed by atoms with Crippen molar-refractivity contribution >= 4 is 27.8 Å². The Morgan fingerprint density at radius 2 is 1.68 bits per heavy atom. The van der Waals surface area contributed by atoms with Crippen LogP contribution >= 0.6 is 0 Å². The van der Waals surface area contributed by atoms with Gasteiger partial charge in [-0.15, -0.1) is 0 Å². The minimum atomic E-state index is -4.65. The predicted octanol–water partition coefficient (Wildman–Crippen LogP) is 4.13. The molecule has 0 radical (unpaired) electrons. The van der Waals surface area contributed by atoms with Crippen LogP contribution < -0.4 is 5.32 Å². The highest BCUT2D eigenvalue weighted by Gasteiger charge is 2.36. The molecule has 1 aliphatic heterocycles. The molecule has 34 heavy (non-hydrogen) atoms. The summed E-state index contributed by atoms with van der Waals surface area (Å²) in [4.78, 5) is 13.9. The van der Waals surface area contributed by atoms with Crippen molar-refractivity contribution in [2.24, 2.45) is 0 Å². The number of sulfonamides is 1. The second-order valence-electron chi connectivity index (χ2n) is 7.89. The zero-order valence-electron chi connectivity index (χ0n) is 18.7. The van der Waals surface area contributed by atoms with Gasteiger partial charge in [-0.3, -0.25) is 4.79 Å². The number of hydrogen-bond acceptors (Lipinski definition) is 5. The number of carbonyl (C=O) groups is 1. The lowest BCUT2D eigenvalue weighted by Crippen LogP contribution is -2.50. The number of nitrogens with one attached hydrogen (secondary N) is 2. The second-order valence-corrected chi connectivity index (χ2v) is 9.83. The molecule has 2 aromatic carbocycles. The van der Waals surface area contributed by atoms with Gasteiger partial charge in [0.25, 0.3) is 5.91 Å². The molecule has 3 rings (SSSR count). The van der Waals surface area contributed by atoms with Crippen molar-refractivity contribution in [3.63, 3.8) is 0 Å². The first-order valence-corrected chi connectivity index (χ1v) is 11.9. The summed E-state index contributed by atoms with van der Waals surface area (Å²) in [5.74, 6) is -0.259. The second kappa shape index (κ2) is 9.98. The van der Waals surface area contributed by atoms with E-state index in [4.69, 9.17) is 5.41 Å². The van der Waals surface area contributed by atoms with E-state index in [1.165, 1.54) is 17.9 Å². The zero-order valence-corrected chi connectivity index (χ0v) is 19.5. The molecule has 7 nitrogen and oxygen atoms in total. The van der Waals surface area contributed by atoms with Gasteiger partial charge in [-0.1, -0.05) is 6.07 Å². The molecular formula is C23H25F3N4O3S. The van der Waals surface area contributed by atoms with Gasteiger partial charge in [-0.25, -0.2) is 8.42 Å². The molecule has 1 amide bonds. The first kappa shape index (κ1) is 25.4. The number of allylic oxidation sites excluding steroid dienone is 2. The van der Waals surface area contributed by atoms with Gasteiger partial charge >= 0.3 is 6.18 Å². The summed E-state index contributed by atoms with van der Waals surface area (Å²) >= 11 is 0. The summed E-state index contributed by atoms with van der Waals surface area (Å²) in [5, 5.41) is 10.2. The molecule has 182 valence electrons. The number of benzene rings is 2. The first-order valence-electron chi connectivity index (χ1n) is 10.4. The fourth-order valence-electron chi connectivity index (χ4n) is 3.62. The van der Waals surface area contributed by atoms with Gasteiger partial charge in [-0.2, -0.15) is 17.5 Å². The lowest BCUT2D eigenvalue weighted by Gasteiger charge is -2.34. The van der Waals surface area contributed by atoms with E-state index in [-0.39, 0.29) is 37.6 Å². The van der Waals surface area contributed by atoms with Crippen LogP contribution in [0.25, 0.3) is 0 Å². The lowest BCUT2D eigenvalue weighted by molar-refractivity contribution is -0.138. The standard InChI is InChI=1S/C23H25F3N4O3S/c1-16-3-8-20(15-21(16)23(24,25)26)34(32,33)30-13-11-29(12-14-30)22(31)18-4-6-19(7-5-18)28-17(2)9-10-27/h3-10,15,27-28H,11-14H2,1-2H3/b17-9-,27-10?. The maximum Gasteiger partial charge on any atom is 0.416 e. The minimum Gasteiger partial charge on any atom is -0.359 e. The maximum atomic E-state index is 13.2. The van der Waals surface area contributed by atoms with Crippen LogP contribution in [0.2, 0.25) is 0 Å². The van der Waals surface area contributed by atoms with E-state index in [1.807, 2.05) is 0 Å². The average Bonchev–Trinajstić information content (AvgIpc) is 2.79. The zero-order chi connectivity index (χ0) is 25.1. The highest BCUT2D eigenvalue weighted by atomic mass is 32.2. The molecule has 2 aromatic rings. The van der Waals surface area contributed by atoms with Crippen LogP contribution in [0.15, 0.2) is 59.1 Å². The molecule has 0 spiro atoms. The van der Waals surface area contributed by atoms with Crippen LogP contribution in [0.5, 0.6) is 0 Å². The lowest BCUT2D eigenvalue weighted by atomic mass is 10.1. The third-order valence-electron chi connectivity index (χ3n) is 5.48. The number of halogens is 3. The molecule has 0 atom stereocenters. The molecule has 0 saturated carbocycles. The van der Waals surface area contributed by atoms with Gasteiger partial charge in [0.05, 0.1) is 10.5 Å². The number of carbonyl (C=O) groups excluding carboxylic acids is 1. The van der Waals surface area contributed by atoms with E-state index < -0.39 is 26.7 Å². The summed E-state index contributed by atoms with van der Waals surface area (Å²) in [6, 6.07) is 9.74. The van der Waals surface area contributed by atoms with Crippen LogP contribution in [0.1, 0.15) is 28.4 Å². The van der Waals surface area contributed by atoms with Crippen molar-refractivity contribution in [1.29, 1.82) is 5.41 Å². The van der Waals surface area contributed by atoms with Crippen LogP contribution in [0.4, 0.5) is 18.9 Å².